The molecule has 0 aliphatic heterocycles. The number of halogens is 1. The Kier molecular flexibility index (Phi) is 6.84. The molecule has 0 unspecified atom stereocenters. The van der Waals surface area contributed by atoms with E-state index in [9.17, 15) is 18.8 Å². The van der Waals surface area contributed by atoms with Crippen molar-refractivity contribution < 1.29 is 28.2 Å². The average Bonchev–Trinajstić information content (AvgIpc) is 2.64. The first-order chi connectivity index (χ1) is 12.5. The van der Waals surface area contributed by atoms with Crippen LogP contribution in [0.5, 0.6) is 5.75 Å². The molecule has 0 saturated carbocycles. The molecule has 7 heteroatoms. The first-order valence-corrected chi connectivity index (χ1v) is 7.85. The summed E-state index contributed by atoms with van der Waals surface area (Å²) in [4.78, 5) is 34.4. The summed E-state index contributed by atoms with van der Waals surface area (Å²) in [6, 6.07) is 12.3. The van der Waals surface area contributed by atoms with Crippen molar-refractivity contribution in [1.82, 2.24) is 5.32 Å². The Morgan fingerprint density at radius 2 is 1.69 bits per heavy atom. The van der Waals surface area contributed by atoms with E-state index in [0.717, 1.165) is 0 Å². The number of ether oxygens (including phenoxy) is 2. The van der Waals surface area contributed by atoms with Gasteiger partial charge < -0.3 is 14.8 Å². The summed E-state index contributed by atoms with van der Waals surface area (Å²) in [5, 5.41) is 2.46. The van der Waals surface area contributed by atoms with Gasteiger partial charge in [0.2, 0.25) is 0 Å². The lowest BCUT2D eigenvalue weighted by molar-refractivity contribution is -0.150. The monoisotopic (exact) mass is 359 g/mol. The molecule has 2 aromatic rings. The van der Waals surface area contributed by atoms with Gasteiger partial charge >= 0.3 is 5.97 Å². The Bertz CT molecular complexity index is 789. The third-order valence-electron chi connectivity index (χ3n) is 3.42. The molecule has 26 heavy (non-hydrogen) atoms. The second-order valence-corrected chi connectivity index (χ2v) is 5.40. The summed E-state index contributed by atoms with van der Waals surface area (Å²) in [5.74, 6) is -1.36. The number of ketones is 1. The molecule has 0 saturated heterocycles. The number of carbonyl (C=O) groups excluding carboxylic acids is 3. The predicted molar refractivity (Wildman–Crippen MR) is 91.1 cm³/mol. The minimum absolute atomic E-state index is 0.00204. The highest BCUT2D eigenvalue weighted by atomic mass is 19.1. The Morgan fingerprint density at radius 3 is 2.35 bits per heavy atom. The molecule has 1 N–H and O–H groups in total. The molecule has 2 rings (SSSR count). The van der Waals surface area contributed by atoms with Crippen molar-refractivity contribution >= 4 is 17.7 Å². The van der Waals surface area contributed by atoms with Crippen LogP contribution in [-0.2, 0) is 20.9 Å². The standard InChI is InChI=1S/C19H18FNO5/c1-13(22)14-6-8-16(9-7-14)25-12-19(24)26-11-18(23)21-10-15-4-2-3-5-17(15)20/h2-9H,10-12H2,1H3,(H,21,23). The lowest BCUT2D eigenvalue weighted by atomic mass is 10.1. The van der Waals surface area contributed by atoms with Gasteiger partial charge in [-0.1, -0.05) is 18.2 Å². The van der Waals surface area contributed by atoms with Crippen molar-refractivity contribution in [3.05, 3.63) is 65.5 Å². The van der Waals surface area contributed by atoms with Crippen LogP contribution >= 0.6 is 0 Å². The summed E-state index contributed by atoms with van der Waals surface area (Å²) in [7, 11) is 0. The molecule has 136 valence electrons. The van der Waals surface area contributed by atoms with Crippen LogP contribution in [0.2, 0.25) is 0 Å². The van der Waals surface area contributed by atoms with Crippen molar-refractivity contribution in [2.75, 3.05) is 13.2 Å². The Morgan fingerprint density at radius 1 is 1.00 bits per heavy atom. The molecule has 2 aromatic carbocycles. The van der Waals surface area contributed by atoms with Gasteiger partial charge in [-0.15, -0.1) is 0 Å². The van der Waals surface area contributed by atoms with E-state index < -0.39 is 24.3 Å². The molecule has 0 atom stereocenters. The fourth-order valence-corrected chi connectivity index (χ4v) is 2.00. The number of carbonyl (C=O) groups is 3. The van der Waals surface area contributed by atoms with Gasteiger partial charge in [0, 0.05) is 17.7 Å². The second kappa shape index (κ2) is 9.31. The SMILES string of the molecule is CC(=O)c1ccc(OCC(=O)OCC(=O)NCc2ccccc2F)cc1. The molecule has 0 aliphatic rings. The number of rotatable bonds is 8. The molecule has 0 fully saturated rings. The maximum Gasteiger partial charge on any atom is 0.344 e. The second-order valence-electron chi connectivity index (χ2n) is 5.40. The summed E-state index contributed by atoms with van der Waals surface area (Å²) < 4.78 is 23.4. The Hall–Kier alpha value is -3.22. The first kappa shape index (κ1) is 19.1. The van der Waals surface area contributed by atoms with Crippen LogP contribution in [0.15, 0.2) is 48.5 Å². The van der Waals surface area contributed by atoms with Crippen LogP contribution in [0, 0.1) is 5.82 Å². The number of hydrogen-bond donors (Lipinski definition) is 1. The highest BCUT2D eigenvalue weighted by molar-refractivity contribution is 5.94. The van der Waals surface area contributed by atoms with Gasteiger partial charge in [0.15, 0.2) is 19.0 Å². The van der Waals surface area contributed by atoms with E-state index in [1.807, 2.05) is 0 Å². The van der Waals surface area contributed by atoms with E-state index in [-0.39, 0.29) is 18.9 Å². The highest BCUT2D eigenvalue weighted by Gasteiger charge is 2.09. The smallest absolute Gasteiger partial charge is 0.344 e. The summed E-state index contributed by atoms with van der Waals surface area (Å²) in [6.07, 6.45) is 0. The van der Waals surface area contributed by atoms with Gasteiger partial charge in [-0.3, -0.25) is 9.59 Å². The van der Waals surface area contributed by atoms with Gasteiger partial charge in [0.1, 0.15) is 11.6 Å². The number of hydrogen-bond acceptors (Lipinski definition) is 5. The van der Waals surface area contributed by atoms with Crippen molar-refractivity contribution in [3.8, 4) is 5.75 Å². The minimum Gasteiger partial charge on any atom is -0.482 e. The largest absolute Gasteiger partial charge is 0.482 e. The normalized spacial score (nSPS) is 10.1. The zero-order valence-electron chi connectivity index (χ0n) is 14.2. The summed E-state index contributed by atoms with van der Waals surface area (Å²) >= 11 is 0. The molecule has 0 aromatic heterocycles. The molecule has 0 bridgehead atoms. The third kappa shape index (κ3) is 6.01. The number of benzene rings is 2. The van der Waals surface area contributed by atoms with E-state index in [2.05, 4.69) is 5.32 Å². The maximum absolute atomic E-state index is 13.4. The molecule has 0 radical (unpaired) electrons. The topological polar surface area (TPSA) is 81.7 Å². The summed E-state index contributed by atoms with van der Waals surface area (Å²) in [5.41, 5.74) is 0.871. The van der Waals surface area contributed by atoms with Crippen molar-refractivity contribution in [2.45, 2.75) is 13.5 Å². The van der Waals surface area contributed by atoms with E-state index in [4.69, 9.17) is 9.47 Å². The quantitative estimate of drug-likeness (QED) is 0.578. The molecule has 6 nitrogen and oxygen atoms in total. The van der Waals surface area contributed by atoms with Crippen LogP contribution in [0.3, 0.4) is 0 Å². The number of Topliss-reactive ketones (excluding diaryl/α,β-unsaturated/α-hetero) is 1. The Labute approximate surface area is 149 Å². The lowest BCUT2D eigenvalue weighted by Gasteiger charge is -2.08. The predicted octanol–water partition coefficient (Wildman–Crippen LogP) is 2.27. The minimum atomic E-state index is -0.721. The Balaban J connectivity index is 1.68. The summed E-state index contributed by atoms with van der Waals surface area (Å²) in [6.45, 7) is 0.590. The van der Waals surface area contributed by atoms with E-state index in [1.165, 1.54) is 13.0 Å². The van der Waals surface area contributed by atoms with Crippen LogP contribution in [-0.4, -0.2) is 30.9 Å². The van der Waals surface area contributed by atoms with Crippen molar-refractivity contribution in [1.29, 1.82) is 0 Å². The maximum atomic E-state index is 13.4. The molecule has 0 aliphatic carbocycles. The van der Waals surface area contributed by atoms with Crippen molar-refractivity contribution in [2.24, 2.45) is 0 Å². The first-order valence-electron chi connectivity index (χ1n) is 7.85. The van der Waals surface area contributed by atoms with Crippen LogP contribution in [0.25, 0.3) is 0 Å². The zero-order valence-corrected chi connectivity index (χ0v) is 14.2. The fourth-order valence-electron chi connectivity index (χ4n) is 2.00. The van der Waals surface area contributed by atoms with Crippen LogP contribution in [0.1, 0.15) is 22.8 Å². The highest BCUT2D eigenvalue weighted by Crippen LogP contribution is 2.12. The number of amides is 1. The number of esters is 1. The van der Waals surface area contributed by atoms with Crippen molar-refractivity contribution in [3.63, 3.8) is 0 Å². The van der Waals surface area contributed by atoms with E-state index in [1.54, 1.807) is 42.5 Å². The van der Waals surface area contributed by atoms with Gasteiger partial charge in [-0.2, -0.15) is 0 Å². The van der Waals surface area contributed by atoms with E-state index in [0.29, 0.717) is 16.9 Å². The molecule has 1 amide bonds. The van der Waals surface area contributed by atoms with E-state index >= 15 is 0 Å². The molecule has 0 heterocycles. The molecular formula is C19H18FNO5. The number of nitrogens with one attached hydrogen (secondary N) is 1. The van der Waals surface area contributed by atoms with Gasteiger partial charge in [-0.05, 0) is 37.3 Å². The van der Waals surface area contributed by atoms with Gasteiger partial charge in [-0.25, -0.2) is 9.18 Å². The van der Waals surface area contributed by atoms with Gasteiger partial charge in [0.05, 0.1) is 0 Å². The lowest BCUT2D eigenvalue weighted by Crippen LogP contribution is -2.29. The third-order valence-corrected chi connectivity index (χ3v) is 3.42. The van der Waals surface area contributed by atoms with Gasteiger partial charge in [0.25, 0.3) is 5.91 Å². The molecule has 0 spiro atoms. The fraction of sp³-hybridized carbons (Fsp3) is 0.211. The zero-order chi connectivity index (χ0) is 18.9. The molecular weight excluding hydrogens is 341 g/mol. The van der Waals surface area contributed by atoms with Crippen LogP contribution in [0.4, 0.5) is 4.39 Å². The van der Waals surface area contributed by atoms with Crippen LogP contribution < -0.4 is 10.1 Å². The average molecular weight is 359 g/mol.